The highest BCUT2D eigenvalue weighted by Gasteiger charge is 2.27. The van der Waals surface area contributed by atoms with Crippen LogP contribution in [0.3, 0.4) is 0 Å². The van der Waals surface area contributed by atoms with Crippen LogP contribution in [0.15, 0.2) is 30.6 Å². The van der Waals surface area contributed by atoms with Crippen molar-refractivity contribution >= 4 is 5.91 Å². The molecule has 0 spiro atoms. The average Bonchev–Trinajstić information content (AvgIpc) is 3.05. The number of aromatic nitrogens is 4. The van der Waals surface area contributed by atoms with Gasteiger partial charge in [0.15, 0.2) is 0 Å². The fourth-order valence-corrected chi connectivity index (χ4v) is 2.57. The van der Waals surface area contributed by atoms with Crippen molar-refractivity contribution in [3.63, 3.8) is 0 Å². The number of amides is 1. The molecule has 1 amide bonds. The molecule has 2 atom stereocenters. The third-order valence-corrected chi connectivity index (χ3v) is 3.83. The molecule has 0 radical (unpaired) electrons. The van der Waals surface area contributed by atoms with Crippen molar-refractivity contribution in [3.05, 3.63) is 36.2 Å². The Bertz CT molecular complexity index is 626. The van der Waals surface area contributed by atoms with E-state index in [1.54, 1.807) is 4.68 Å². The second-order valence-corrected chi connectivity index (χ2v) is 5.64. The Morgan fingerprint density at radius 3 is 2.77 bits per heavy atom. The molecule has 0 unspecified atom stereocenters. The zero-order chi connectivity index (χ0) is 15.5. The van der Waals surface area contributed by atoms with Crippen LogP contribution in [0.1, 0.15) is 19.4 Å². The van der Waals surface area contributed by atoms with Gasteiger partial charge < -0.3 is 9.64 Å². The van der Waals surface area contributed by atoms with E-state index in [1.165, 1.54) is 6.33 Å². The summed E-state index contributed by atoms with van der Waals surface area (Å²) in [5.41, 5.74) is 1.85. The van der Waals surface area contributed by atoms with E-state index in [-0.39, 0.29) is 18.1 Å². The Morgan fingerprint density at radius 2 is 2.09 bits per heavy atom. The van der Waals surface area contributed by atoms with Gasteiger partial charge in [-0.15, -0.1) is 5.10 Å². The number of carbonyl (C=O) groups is 1. The summed E-state index contributed by atoms with van der Waals surface area (Å²) in [4.78, 5) is 14.4. The molecule has 7 heteroatoms. The van der Waals surface area contributed by atoms with Gasteiger partial charge in [0.2, 0.25) is 5.91 Å². The van der Waals surface area contributed by atoms with Crippen LogP contribution in [0.4, 0.5) is 0 Å². The third kappa shape index (κ3) is 3.14. The molecule has 1 aromatic carbocycles. The maximum Gasteiger partial charge on any atom is 0.227 e. The number of carbonyl (C=O) groups excluding carboxylic acids is 1. The summed E-state index contributed by atoms with van der Waals surface area (Å²) in [6.45, 7) is 5.27. The van der Waals surface area contributed by atoms with Crippen LogP contribution in [0.25, 0.3) is 5.69 Å². The summed E-state index contributed by atoms with van der Waals surface area (Å²) in [5.74, 6) is 0.137. The van der Waals surface area contributed by atoms with E-state index in [0.29, 0.717) is 19.6 Å². The molecule has 2 heterocycles. The van der Waals surface area contributed by atoms with Gasteiger partial charge in [-0.2, -0.15) is 0 Å². The van der Waals surface area contributed by atoms with Crippen LogP contribution >= 0.6 is 0 Å². The van der Waals surface area contributed by atoms with Gasteiger partial charge in [-0.3, -0.25) is 4.79 Å². The highest BCUT2D eigenvalue weighted by molar-refractivity contribution is 5.79. The second-order valence-electron chi connectivity index (χ2n) is 5.64. The van der Waals surface area contributed by atoms with Crippen LogP contribution in [0.2, 0.25) is 0 Å². The highest BCUT2D eigenvalue weighted by atomic mass is 16.5. The number of rotatable bonds is 3. The van der Waals surface area contributed by atoms with Crippen molar-refractivity contribution in [1.29, 1.82) is 0 Å². The molecule has 0 N–H and O–H groups in total. The van der Waals surface area contributed by atoms with Gasteiger partial charge in [0.05, 0.1) is 30.9 Å². The van der Waals surface area contributed by atoms with E-state index in [9.17, 15) is 4.79 Å². The van der Waals surface area contributed by atoms with Crippen LogP contribution < -0.4 is 0 Å². The van der Waals surface area contributed by atoms with Crippen molar-refractivity contribution in [1.82, 2.24) is 25.1 Å². The molecule has 1 aliphatic heterocycles. The first-order chi connectivity index (χ1) is 10.6. The molecule has 22 heavy (non-hydrogen) atoms. The molecule has 1 saturated heterocycles. The summed E-state index contributed by atoms with van der Waals surface area (Å²) in [6.07, 6.45) is 2.03. The SMILES string of the molecule is C[C@@H]1CO[C@@H](C)CN1C(=O)Cc1ccc(-n2cnnn2)cc1. The maximum absolute atomic E-state index is 12.5. The van der Waals surface area contributed by atoms with Crippen molar-refractivity contribution < 1.29 is 9.53 Å². The van der Waals surface area contributed by atoms with E-state index in [4.69, 9.17) is 4.74 Å². The first-order valence-corrected chi connectivity index (χ1v) is 7.37. The average molecular weight is 301 g/mol. The lowest BCUT2D eigenvalue weighted by atomic mass is 10.1. The Kier molecular flexibility index (Phi) is 4.15. The number of morpholine rings is 1. The molecule has 1 fully saturated rings. The fourth-order valence-electron chi connectivity index (χ4n) is 2.57. The second kappa shape index (κ2) is 6.23. The van der Waals surface area contributed by atoms with Gasteiger partial charge in [0, 0.05) is 6.54 Å². The lowest BCUT2D eigenvalue weighted by Gasteiger charge is -2.36. The first kappa shape index (κ1) is 14.6. The van der Waals surface area contributed by atoms with Gasteiger partial charge in [-0.05, 0) is 42.0 Å². The van der Waals surface area contributed by atoms with E-state index in [2.05, 4.69) is 15.5 Å². The molecular weight excluding hydrogens is 282 g/mol. The summed E-state index contributed by atoms with van der Waals surface area (Å²) in [6, 6.07) is 7.81. The number of hydrogen-bond acceptors (Lipinski definition) is 5. The minimum absolute atomic E-state index is 0.0994. The largest absolute Gasteiger partial charge is 0.375 e. The van der Waals surface area contributed by atoms with Crippen LogP contribution in [0.5, 0.6) is 0 Å². The number of hydrogen-bond donors (Lipinski definition) is 0. The molecule has 0 aliphatic carbocycles. The lowest BCUT2D eigenvalue weighted by molar-refractivity contribution is -0.142. The molecule has 7 nitrogen and oxygen atoms in total. The van der Waals surface area contributed by atoms with E-state index in [1.807, 2.05) is 43.0 Å². The van der Waals surface area contributed by atoms with Crippen molar-refractivity contribution in [2.24, 2.45) is 0 Å². The Balaban J connectivity index is 1.66. The Labute approximate surface area is 128 Å². The summed E-state index contributed by atoms with van der Waals surface area (Å²) >= 11 is 0. The smallest absolute Gasteiger partial charge is 0.227 e. The number of ether oxygens (including phenoxy) is 1. The Hall–Kier alpha value is -2.28. The van der Waals surface area contributed by atoms with Gasteiger partial charge in [0.1, 0.15) is 6.33 Å². The van der Waals surface area contributed by atoms with E-state index >= 15 is 0 Å². The summed E-state index contributed by atoms with van der Waals surface area (Å²) < 4.78 is 7.14. The standard InChI is InChI=1S/C15H19N5O2/c1-11-9-22-12(2)8-19(11)15(21)7-13-3-5-14(6-4-13)20-10-16-17-18-20/h3-6,10-12H,7-9H2,1-2H3/t11-,12+/m1/s1. The maximum atomic E-state index is 12.5. The van der Waals surface area contributed by atoms with Crippen molar-refractivity contribution in [2.75, 3.05) is 13.2 Å². The normalized spacial score (nSPS) is 21.8. The summed E-state index contributed by atoms with van der Waals surface area (Å²) in [7, 11) is 0. The molecule has 2 aromatic rings. The van der Waals surface area contributed by atoms with Crippen LogP contribution in [0, 0.1) is 0 Å². The zero-order valence-electron chi connectivity index (χ0n) is 12.7. The minimum Gasteiger partial charge on any atom is -0.375 e. The molecule has 0 saturated carbocycles. The minimum atomic E-state index is 0.0994. The molecular formula is C15H19N5O2. The van der Waals surface area contributed by atoms with Gasteiger partial charge in [0.25, 0.3) is 0 Å². The number of nitrogens with zero attached hydrogens (tertiary/aromatic N) is 5. The lowest BCUT2D eigenvalue weighted by Crippen LogP contribution is -2.50. The fraction of sp³-hybridized carbons (Fsp3) is 0.467. The van der Waals surface area contributed by atoms with Gasteiger partial charge in [-0.1, -0.05) is 12.1 Å². The van der Waals surface area contributed by atoms with Gasteiger partial charge >= 0.3 is 0 Å². The predicted molar refractivity (Wildman–Crippen MR) is 79.4 cm³/mol. The van der Waals surface area contributed by atoms with Crippen molar-refractivity contribution in [2.45, 2.75) is 32.4 Å². The highest BCUT2D eigenvalue weighted by Crippen LogP contribution is 2.15. The van der Waals surface area contributed by atoms with E-state index in [0.717, 1.165) is 11.3 Å². The quantitative estimate of drug-likeness (QED) is 0.840. The molecule has 1 aromatic heterocycles. The molecule has 3 rings (SSSR count). The van der Waals surface area contributed by atoms with Crippen LogP contribution in [-0.4, -0.2) is 56.3 Å². The Morgan fingerprint density at radius 1 is 1.32 bits per heavy atom. The monoisotopic (exact) mass is 301 g/mol. The number of benzene rings is 1. The number of tetrazole rings is 1. The van der Waals surface area contributed by atoms with E-state index < -0.39 is 0 Å². The molecule has 116 valence electrons. The third-order valence-electron chi connectivity index (χ3n) is 3.83. The van der Waals surface area contributed by atoms with Crippen molar-refractivity contribution in [3.8, 4) is 5.69 Å². The summed E-state index contributed by atoms with van der Waals surface area (Å²) in [5, 5.41) is 11.0. The van der Waals surface area contributed by atoms with Crippen LogP contribution in [-0.2, 0) is 16.0 Å². The zero-order valence-corrected chi connectivity index (χ0v) is 12.7. The first-order valence-electron chi connectivity index (χ1n) is 7.37. The van der Waals surface area contributed by atoms with Gasteiger partial charge in [-0.25, -0.2) is 4.68 Å². The topological polar surface area (TPSA) is 73.1 Å². The molecule has 1 aliphatic rings. The molecule has 0 bridgehead atoms. The predicted octanol–water partition coefficient (Wildman–Crippen LogP) is 0.841.